The molecule has 0 aliphatic carbocycles. The molecule has 1 aromatic rings. The molecule has 5 nitrogen and oxygen atoms in total. The van der Waals surface area contributed by atoms with Crippen molar-refractivity contribution in [2.75, 3.05) is 46.4 Å². The fraction of sp³-hybridized carbons (Fsp3) is 0.611. The largest absolute Gasteiger partial charge is 0.382 e. The highest BCUT2D eigenvalue weighted by molar-refractivity contribution is 14.0. The first-order chi connectivity index (χ1) is 11.3. The minimum Gasteiger partial charge on any atom is -0.382 e. The molecule has 0 amide bonds. The van der Waals surface area contributed by atoms with E-state index in [9.17, 15) is 0 Å². The van der Waals surface area contributed by atoms with Crippen LogP contribution in [-0.2, 0) is 17.7 Å². The van der Waals surface area contributed by atoms with Crippen molar-refractivity contribution in [3.05, 3.63) is 35.4 Å². The lowest BCUT2D eigenvalue weighted by atomic mass is 10.00. The van der Waals surface area contributed by atoms with E-state index in [4.69, 9.17) is 4.74 Å². The highest BCUT2D eigenvalue weighted by atomic mass is 127. The molecule has 24 heavy (non-hydrogen) atoms. The van der Waals surface area contributed by atoms with Gasteiger partial charge in [-0.25, -0.2) is 0 Å². The Morgan fingerprint density at radius 2 is 1.96 bits per heavy atom. The lowest BCUT2D eigenvalue weighted by Crippen LogP contribution is -2.43. The molecule has 1 aliphatic heterocycles. The van der Waals surface area contributed by atoms with Crippen LogP contribution in [0.3, 0.4) is 0 Å². The second kappa shape index (κ2) is 12.5. The molecule has 6 heteroatoms. The van der Waals surface area contributed by atoms with Gasteiger partial charge in [0.1, 0.15) is 0 Å². The molecule has 0 spiro atoms. The lowest BCUT2D eigenvalue weighted by molar-refractivity contribution is 0.145. The van der Waals surface area contributed by atoms with Crippen LogP contribution in [0.15, 0.2) is 29.3 Å². The molecule has 2 N–H and O–H groups in total. The maximum Gasteiger partial charge on any atom is 0.191 e. The van der Waals surface area contributed by atoms with E-state index in [1.54, 1.807) is 0 Å². The van der Waals surface area contributed by atoms with Gasteiger partial charge < -0.3 is 15.4 Å². The summed E-state index contributed by atoms with van der Waals surface area (Å²) in [4.78, 5) is 6.76. The van der Waals surface area contributed by atoms with Crippen molar-refractivity contribution < 1.29 is 4.74 Å². The first-order valence-corrected chi connectivity index (χ1v) is 8.65. The molecule has 0 saturated carbocycles. The predicted octanol–water partition coefficient (Wildman–Crippen LogP) is 2.25. The number of hydrogen-bond acceptors (Lipinski definition) is 3. The zero-order chi connectivity index (χ0) is 16.3. The SMILES string of the molecule is CCOCCCNC(=NC)NCCN1CCc2ccccc2C1.I. The number of halogens is 1. The second-order valence-corrected chi connectivity index (χ2v) is 5.77. The molecule has 1 aliphatic rings. The maximum atomic E-state index is 5.33. The van der Waals surface area contributed by atoms with Gasteiger partial charge in [0, 0.05) is 53.0 Å². The number of nitrogens with one attached hydrogen (secondary N) is 2. The number of ether oxygens (including phenoxy) is 1. The Bertz CT molecular complexity index is 496. The molecule has 0 atom stereocenters. The maximum absolute atomic E-state index is 5.33. The summed E-state index contributed by atoms with van der Waals surface area (Å²) < 4.78 is 5.33. The van der Waals surface area contributed by atoms with Gasteiger partial charge in [-0.2, -0.15) is 0 Å². The van der Waals surface area contributed by atoms with Crippen LogP contribution in [-0.4, -0.2) is 57.3 Å². The van der Waals surface area contributed by atoms with Crippen molar-refractivity contribution in [1.29, 1.82) is 0 Å². The number of rotatable bonds is 8. The summed E-state index contributed by atoms with van der Waals surface area (Å²) in [7, 11) is 1.81. The molecule has 2 rings (SSSR count). The molecule has 0 fully saturated rings. The van der Waals surface area contributed by atoms with Crippen molar-refractivity contribution in [3.8, 4) is 0 Å². The number of fused-ring (bicyclic) bond motifs is 1. The molecule has 0 unspecified atom stereocenters. The van der Waals surface area contributed by atoms with Gasteiger partial charge in [0.2, 0.25) is 0 Å². The second-order valence-electron chi connectivity index (χ2n) is 5.77. The van der Waals surface area contributed by atoms with E-state index < -0.39 is 0 Å². The van der Waals surface area contributed by atoms with Gasteiger partial charge in [-0.05, 0) is 30.9 Å². The Morgan fingerprint density at radius 3 is 2.71 bits per heavy atom. The fourth-order valence-electron chi connectivity index (χ4n) is 2.82. The third-order valence-electron chi connectivity index (χ3n) is 4.12. The first-order valence-electron chi connectivity index (χ1n) is 8.65. The van der Waals surface area contributed by atoms with Gasteiger partial charge in [-0.15, -0.1) is 24.0 Å². The van der Waals surface area contributed by atoms with Crippen molar-refractivity contribution in [2.45, 2.75) is 26.3 Å². The zero-order valence-electron chi connectivity index (χ0n) is 14.9. The van der Waals surface area contributed by atoms with Crippen molar-refractivity contribution in [2.24, 2.45) is 4.99 Å². The van der Waals surface area contributed by atoms with Crippen LogP contribution < -0.4 is 10.6 Å². The normalized spacial score (nSPS) is 14.7. The topological polar surface area (TPSA) is 48.9 Å². The van der Waals surface area contributed by atoms with Crippen molar-refractivity contribution in [3.63, 3.8) is 0 Å². The van der Waals surface area contributed by atoms with E-state index in [-0.39, 0.29) is 24.0 Å². The molecule has 1 aromatic carbocycles. The summed E-state index contributed by atoms with van der Waals surface area (Å²) >= 11 is 0. The van der Waals surface area contributed by atoms with E-state index in [0.717, 1.165) is 64.7 Å². The highest BCUT2D eigenvalue weighted by Gasteiger charge is 2.14. The van der Waals surface area contributed by atoms with Crippen molar-refractivity contribution in [1.82, 2.24) is 15.5 Å². The average Bonchev–Trinajstić information content (AvgIpc) is 2.60. The van der Waals surface area contributed by atoms with Gasteiger partial charge in [0.25, 0.3) is 0 Å². The monoisotopic (exact) mass is 446 g/mol. The standard InChI is InChI=1S/C18H30N4O.HI/c1-3-23-14-6-10-20-18(19-2)21-11-13-22-12-9-16-7-4-5-8-17(16)15-22;/h4-5,7-8H,3,6,9-15H2,1-2H3,(H2,19,20,21);1H. The molecule has 0 radical (unpaired) electrons. The van der Waals surface area contributed by atoms with Gasteiger partial charge in [0.05, 0.1) is 0 Å². The summed E-state index contributed by atoms with van der Waals surface area (Å²) in [6.07, 6.45) is 2.15. The minimum absolute atomic E-state index is 0. The molecule has 1 heterocycles. The molecular formula is C18H31IN4O. The molecular weight excluding hydrogens is 415 g/mol. The predicted molar refractivity (Wildman–Crippen MR) is 111 cm³/mol. The van der Waals surface area contributed by atoms with Gasteiger partial charge in [-0.3, -0.25) is 9.89 Å². The van der Waals surface area contributed by atoms with Crippen LogP contribution in [0.2, 0.25) is 0 Å². The first kappa shape index (κ1) is 21.2. The lowest BCUT2D eigenvalue weighted by Gasteiger charge is -2.28. The number of aliphatic imine (C=N–C) groups is 1. The van der Waals surface area contributed by atoms with E-state index in [0.29, 0.717) is 0 Å². The van der Waals surface area contributed by atoms with Gasteiger partial charge >= 0.3 is 0 Å². The number of hydrogen-bond donors (Lipinski definition) is 2. The summed E-state index contributed by atoms with van der Waals surface area (Å²) in [6.45, 7) is 8.63. The smallest absolute Gasteiger partial charge is 0.191 e. The summed E-state index contributed by atoms with van der Waals surface area (Å²) in [5, 5.41) is 6.71. The van der Waals surface area contributed by atoms with Crippen LogP contribution in [0.4, 0.5) is 0 Å². The third-order valence-corrected chi connectivity index (χ3v) is 4.12. The van der Waals surface area contributed by atoms with E-state index in [1.807, 2.05) is 14.0 Å². The average molecular weight is 446 g/mol. The van der Waals surface area contributed by atoms with Crippen LogP contribution in [0.5, 0.6) is 0 Å². The minimum atomic E-state index is 0. The highest BCUT2D eigenvalue weighted by Crippen LogP contribution is 2.17. The molecule has 0 aromatic heterocycles. The Morgan fingerprint density at radius 1 is 1.21 bits per heavy atom. The summed E-state index contributed by atoms with van der Waals surface area (Å²) in [6, 6.07) is 8.76. The Kier molecular flexibility index (Phi) is 11.0. The van der Waals surface area contributed by atoms with Crippen LogP contribution >= 0.6 is 24.0 Å². The van der Waals surface area contributed by atoms with Crippen molar-refractivity contribution >= 4 is 29.9 Å². The van der Waals surface area contributed by atoms with Gasteiger partial charge in [0.15, 0.2) is 5.96 Å². The Hall–Kier alpha value is -0.860. The molecule has 136 valence electrons. The zero-order valence-corrected chi connectivity index (χ0v) is 17.2. The quantitative estimate of drug-likeness (QED) is 0.279. The number of benzene rings is 1. The fourth-order valence-corrected chi connectivity index (χ4v) is 2.82. The van der Waals surface area contributed by atoms with Crippen LogP contribution in [0.1, 0.15) is 24.5 Å². The summed E-state index contributed by atoms with van der Waals surface area (Å²) in [5.41, 5.74) is 2.97. The van der Waals surface area contributed by atoms with Crippen LogP contribution in [0, 0.1) is 0 Å². The Labute approximate surface area is 163 Å². The number of guanidine groups is 1. The van der Waals surface area contributed by atoms with E-state index in [2.05, 4.69) is 44.8 Å². The third kappa shape index (κ3) is 7.36. The van der Waals surface area contributed by atoms with E-state index in [1.165, 1.54) is 11.1 Å². The van der Waals surface area contributed by atoms with Gasteiger partial charge in [-0.1, -0.05) is 24.3 Å². The summed E-state index contributed by atoms with van der Waals surface area (Å²) in [5.74, 6) is 0.874. The molecule has 0 bridgehead atoms. The van der Waals surface area contributed by atoms with E-state index >= 15 is 0 Å². The van der Waals surface area contributed by atoms with Crippen LogP contribution in [0.25, 0.3) is 0 Å². The number of nitrogens with zero attached hydrogens (tertiary/aromatic N) is 2. The Balaban J connectivity index is 0.00000288. The molecule has 0 saturated heterocycles.